The molecule has 1 amide bonds. The first-order valence-corrected chi connectivity index (χ1v) is 11.3. The van der Waals surface area contributed by atoms with E-state index in [1.807, 2.05) is 60.4 Å². The Morgan fingerprint density at radius 1 is 1.00 bits per heavy atom. The van der Waals surface area contributed by atoms with Crippen LogP contribution in [0.15, 0.2) is 71.1 Å². The summed E-state index contributed by atoms with van der Waals surface area (Å²) in [5, 5.41) is 0.734. The molecule has 1 saturated carbocycles. The summed E-state index contributed by atoms with van der Waals surface area (Å²) in [6.45, 7) is 4.24. The van der Waals surface area contributed by atoms with Crippen molar-refractivity contribution >= 4 is 17.5 Å². The summed E-state index contributed by atoms with van der Waals surface area (Å²) in [7, 11) is 0. The van der Waals surface area contributed by atoms with E-state index < -0.39 is 0 Å². The Hall–Kier alpha value is -2.56. The number of hydrogen-bond acceptors (Lipinski definition) is 3. The van der Waals surface area contributed by atoms with Crippen LogP contribution in [0.1, 0.15) is 35.5 Å². The molecule has 0 atom stereocenters. The van der Waals surface area contributed by atoms with Gasteiger partial charge < -0.3 is 9.32 Å². The Bertz CT molecular complexity index is 997. The molecule has 31 heavy (non-hydrogen) atoms. The maximum absolute atomic E-state index is 13.4. The van der Waals surface area contributed by atoms with E-state index in [9.17, 15) is 4.79 Å². The summed E-state index contributed by atoms with van der Waals surface area (Å²) in [6, 6.07) is 22.6. The zero-order valence-corrected chi connectivity index (χ0v) is 18.7. The van der Waals surface area contributed by atoms with E-state index in [1.54, 1.807) is 0 Å². The molecular formula is C26H29ClN2O2. The Morgan fingerprint density at radius 2 is 1.77 bits per heavy atom. The first-order valence-electron chi connectivity index (χ1n) is 10.9. The molecule has 0 aliphatic heterocycles. The SMILES string of the molecule is Cc1ccc(CN(CCc2ccccc2)C(=O)CN(Cc2cccc(Cl)c2)C2CC2)o1. The molecule has 1 fully saturated rings. The molecule has 4 rings (SSSR count). The first kappa shape index (κ1) is 21.7. The number of hydrogen-bond donors (Lipinski definition) is 0. The van der Waals surface area contributed by atoms with Gasteiger partial charge in [0.15, 0.2) is 0 Å². The molecule has 1 aromatic heterocycles. The standard InChI is InChI=1S/C26H29ClN2O2/c1-20-10-13-25(31-20)18-28(15-14-21-6-3-2-4-7-21)26(30)19-29(24-11-12-24)17-22-8-5-9-23(27)16-22/h2-10,13,16,24H,11-12,14-15,17-19H2,1H3. The van der Waals surface area contributed by atoms with Crippen LogP contribution in [0.25, 0.3) is 0 Å². The van der Waals surface area contributed by atoms with Crippen LogP contribution in [0, 0.1) is 6.92 Å². The molecule has 1 heterocycles. The summed E-state index contributed by atoms with van der Waals surface area (Å²) in [5.41, 5.74) is 2.37. The van der Waals surface area contributed by atoms with Crippen LogP contribution in [0.4, 0.5) is 0 Å². The van der Waals surface area contributed by atoms with Gasteiger partial charge in [-0.3, -0.25) is 9.69 Å². The lowest BCUT2D eigenvalue weighted by molar-refractivity contribution is -0.133. The molecule has 5 heteroatoms. The third kappa shape index (κ3) is 6.46. The summed E-state index contributed by atoms with van der Waals surface area (Å²) in [4.78, 5) is 17.6. The van der Waals surface area contributed by atoms with Crippen molar-refractivity contribution in [2.45, 2.75) is 45.3 Å². The molecule has 1 aliphatic rings. The minimum atomic E-state index is 0.138. The molecule has 0 saturated heterocycles. The molecule has 0 N–H and O–H groups in total. The second kappa shape index (κ2) is 10.2. The Kier molecular flexibility index (Phi) is 7.10. The molecule has 2 aromatic carbocycles. The van der Waals surface area contributed by atoms with Gasteiger partial charge in [-0.05, 0) is 61.6 Å². The molecule has 0 radical (unpaired) electrons. The molecule has 3 aromatic rings. The normalized spacial score (nSPS) is 13.5. The van der Waals surface area contributed by atoms with E-state index in [2.05, 4.69) is 23.1 Å². The van der Waals surface area contributed by atoms with Crippen LogP contribution in [0.2, 0.25) is 5.02 Å². The van der Waals surface area contributed by atoms with E-state index in [-0.39, 0.29) is 5.91 Å². The number of furan rings is 1. The Morgan fingerprint density at radius 3 is 2.45 bits per heavy atom. The second-order valence-corrected chi connectivity index (χ2v) is 8.77. The van der Waals surface area contributed by atoms with Gasteiger partial charge >= 0.3 is 0 Å². The lowest BCUT2D eigenvalue weighted by atomic mass is 10.1. The maximum Gasteiger partial charge on any atom is 0.237 e. The molecule has 1 aliphatic carbocycles. The predicted molar refractivity (Wildman–Crippen MR) is 124 cm³/mol. The third-order valence-corrected chi connectivity index (χ3v) is 5.92. The van der Waals surface area contributed by atoms with E-state index in [4.69, 9.17) is 16.0 Å². The predicted octanol–water partition coefficient (Wildman–Crippen LogP) is 5.48. The average molecular weight is 437 g/mol. The van der Waals surface area contributed by atoms with Gasteiger partial charge in [-0.25, -0.2) is 0 Å². The number of nitrogens with zero attached hydrogens (tertiary/aromatic N) is 2. The highest BCUT2D eigenvalue weighted by Gasteiger charge is 2.31. The number of amides is 1. The van der Waals surface area contributed by atoms with Crippen molar-refractivity contribution in [1.29, 1.82) is 0 Å². The highest BCUT2D eigenvalue weighted by Crippen LogP contribution is 2.29. The first-order chi connectivity index (χ1) is 15.1. The van der Waals surface area contributed by atoms with E-state index in [0.29, 0.717) is 25.7 Å². The molecular weight excluding hydrogens is 408 g/mol. The van der Waals surface area contributed by atoms with Crippen LogP contribution in [0.5, 0.6) is 0 Å². The highest BCUT2D eigenvalue weighted by molar-refractivity contribution is 6.30. The van der Waals surface area contributed by atoms with Crippen LogP contribution in [-0.2, 0) is 24.3 Å². The number of carbonyl (C=O) groups excluding carboxylic acids is 1. The second-order valence-electron chi connectivity index (χ2n) is 8.33. The van der Waals surface area contributed by atoms with E-state index >= 15 is 0 Å². The molecule has 0 unspecified atom stereocenters. The Balaban J connectivity index is 1.45. The largest absolute Gasteiger partial charge is 0.464 e. The van der Waals surface area contributed by atoms with E-state index in [1.165, 1.54) is 5.56 Å². The van der Waals surface area contributed by atoms with Gasteiger partial charge in [-0.1, -0.05) is 54.1 Å². The lowest BCUT2D eigenvalue weighted by Gasteiger charge is -2.27. The topological polar surface area (TPSA) is 36.7 Å². The summed E-state index contributed by atoms with van der Waals surface area (Å²) in [6.07, 6.45) is 3.12. The maximum atomic E-state index is 13.4. The van der Waals surface area contributed by atoms with Crippen LogP contribution in [0.3, 0.4) is 0 Å². The number of halogens is 1. The van der Waals surface area contributed by atoms with Crippen molar-refractivity contribution in [3.8, 4) is 0 Å². The van der Waals surface area contributed by atoms with Crippen molar-refractivity contribution in [1.82, 2.24) is 9.80 Å². The monoisotopic (exact) mass is 436 g/mol. The molecule has 162 valence electrons. The van der Waals surface area contributed by atoms with Crippen molar-refractivity contribution in [3.05, 3.63) is 94.4 Å². The molecule has 0 spiro atoms. The Labute approximate surface area is 189 Å². The minimum absolute atomic E-state index is 0.138. The number of aryl methyl sites for hydroxylation is 1. The fourth-order valence-electron chi connectivity index (χ4n) is 3.86. The molecule has 0 bridgehead atoms. The van der Waals surface area contributed by atoms with Gasteiger partial charge in [0.25, 0.3) is 0 Å². The quantitative estimate of drug-likeness (QED) is 0.422. The fourth-order valence-corrected chi connectivity index (χ4v) is 4.07. The van der Waals surface area contributed by atoms with Crippen LogP contribution >= 0.6 is 11.6 Å². The smallest absolute Gasteiger partial charge is 0.237 e. The zero-order chi connectivity index (χ0) is 21.6. The van der Waals surface area contributed by atoms with Gasteiger partial charge in [0.2, 0.25) is 5.91 Å². The van der Waals surface area contributed by atoms with Gasteiger partial charge in [-0.2, -0.15) is 0 Å². The lowest BCUT2D eigenvalue weighted by Crippen LogP contribution is -2.41. The number of rotatable bonds is 10. The van der Waals surface area contributed by atoms with Crippen molar-refractivity contribution in [2.24, 2.45) is 0 Å². The van der Waals surface area contributed by atoms with Crippen LogP contribution < -0.4 is 0 Å². The minimum Gasteiger partial charge on any atom is -0.464 e. The van der Waals surface area contributed by atoms with Gasteiger partial charge in [0.05, 0.1) is 13.1 Å². The highest BCUT2D eigenvalue weighted by atomic mass is 35.5. The number of carbonyl (C=O) groups is 1. The fraction of sp³-hybridized carbons (Fsp3) is 0.346. The van der Waals surface area contributed by atoms with Crippen molar-refractivity contribution in [2.75, 3.05) is 13.1 Å². The summed E-state index contributed by atoms with van der Waals surface area (Å²) in [5.74, 6) is 1.83. The molecule has 4 nitrogen and oxygen atoms in total. The van der Waals surface area contributed by atoms with Crippen LogP contribution in [-0.4, -0.2) is 34.8 Å². The van der Waals surface area contributed by atoms with Gasteiger partial charge in [-0.15, -0.1) is 0 Å². The third-order valence-electron chi connectivity index (χ3n) is 5.68. The van der Waals surface area contributed by atoms with Gasteiger partial charge in [0.1, 0.15) is 11.5 Å². The number of benzene rings is 2. The zero-order valence-electron chi connectivity index (χ0n) is 18.0. The summed E-state index contributed by atoms with van der Waals surface area (Å²) >= 11 is 6.17. The average Bonchev–Trinajstić information content (AvgIpc) is 3.53. The van der Waals surface area contributed by atoms with Gasteiger partial charge in [0, 0.05) is 24.2 Å². The summed E-state index contributed by atoms with van der Waals surface area (Å²) < 4.78 is 5.77. The van der Waals surface area contributed by atoms with E-state index in [0.717, 1.165) is 47.9 Å². The van der Waals surface area contributed by atoms with Crippen molar-refractivity contribution < 1.29 is 9.21 Å². The van der Waals surface area contributed by atoms with Crippen molar-refractivity contribution in [3.63, 3.8) is 0 Å².